The highest BCUT2D eigenvalue weighted by molar-refractivity contribution is 7.89. The summed E-state index contributed by atoms with van der Waals surface area (Å²) in [6.45, 7) is 4.21. The number of hydrogen-bond donors (Lipinski definition) is 4. The smallest absolute Gasteiger partial charge is 0.303 e. The average Bonchev–Trinajstić information content (AvgIpc) is 1.55. The first-order valence-corrected chi connectivity index (χ1v) is 5.36. The molecule has 0 aromatic carbocycles. The maximum Gasteiger partial charge on any atom is 0.466 e. The molecule has 0 aliphatic heterocycles. The van der Waals surface area contributed by atoms with Gasteiger partial charge >= 0.3 is 7.82 Å². The summed E-state index contributed by atoms with van der Waals surface area (Å²) >= 11 is 0. The van der Waals surface area contributed by atoms with Crippen LogP contribution in [0.25, 0.3) is 0 Å². The molecule has 0 bridgehead atoms. The molecule has 9 heteroatoms. The Bertz CT molecular complexity index is 276. The van der Waals surface area contributed by atoms with Crippen molar-refractivity contribution in [1.29, 1.82) is 0 Å². The van der Waals surface area contributed by atoms with Crippen molar-refractivity contribution < 1.29 is 32.2 Å². The lowest BCUT2D eigenvalue weighted by Crippen LogP contribution is -1.95. The van der Waals surface area contributed by atoms with Crippen LogP contribution >= 0.6 is 7.82 Å². The summed E-state index contributed by atoms with van der Waals surface area (Å²) < 4.78 is 36.4. The topological polar surface area (TPSA) is 132 Å². The number of hydrogen-bond acceptors (Lipinski definition) is 3. The van der Waals surface area contributed by atoms with Gasteiger partial charge in [-0.05, 0) is 6.92 Å². The van der Waals surface area contributed by atoms with Gasteiger partial charge in [-0.25, -0.2) is 4.57 Å². The van der Waals surface area contributed by atoms with E-state index in [2.05, 4.69) is 6.58 Å². The average molecular weight is 220 g/mol. The van der Waals surface area contributed by atoms with Gasteiger partial charge in [0, 0.05) is 0 Å². The summed E-state index contributed by atoms with van der Waals surface area (Å²) in [5, 5.41) is 0. The Morgan fingerprint density at radius 1 is 1.33 bits per heavy atom. The zero-order valence-corrected chi connectivity index (χ0v) is 7.79. The molecule has 0 fully saturated rings. The van der Waals surface area contributed by atoms with Crippen LogP contribution in [-0.4, -0.2) is 27.7 Å². The van der Waals surface area contributed by atoms with E-state index in [1.165, 1.54) is 6.92 Å². The van der Waals surface area contributed by atoms with Crippen molar-refractivity contribution in [3.05, 3.63) is 11.5 Å². The highest BCUT2D eigenvalue weighted by Gasteiger charge is 2.01. The fourth-order valence-electron chi connectivity index (χ4n) is 0. The van der Waals surface area contributed by atoms with Crippen LogP contribution in [-0.2, 0) is 14.7 Å². The highest BCUT2D eigenvalue weighted by Crippen LogP contribution is 2.25. The lowest BCUT2D eigenvalue weighted by atomic mass is 10.8. The second kappa shape index (κ2) is 4.70. The van der Waals surface area contributed by atoms with Crippen LogP contribution in [0.4, 0.5) is 0 Å². The van der Waals surface area contributed by atoms with Crippen molar-refractivity contribution >= 4 is 17.9 Å². The quantitative estimate of drug-likeness (QED) is 0.345. The third-order valence-electron chi connectivity index (χ3n) is 0.440. The molecule has 0 aromatic rings. The molecule has 0 rings (SSSR count). The second-order valence-electron chi connectivity index (χ2n) is 1.69. The summed E-state index contributed by atoms with van der Waals surface area (Å²) in [4.78, 5) is 21.3. The van der Waals surface area contributed by atoms with Crippen molar-refractivity contribution in [2.45, 2.75) is 6.92 Å². The second-order valence-corrected chi connectivity index (χ2v) is 4.36. The van der Waals surface area contributed by atoms with E-state index in [1.807, 2.05) is 0 Å². The van der Waals surface area contributed by atoms with Crippen molar-refractivity contribution in [2.75, 3.05) is 0 Å². The summed E-state index contributed by atoms with van der Waals surface area (Å²) in [5.41, 5.74) is 0. The van der Waals surface area contributed by atoms with Gasteiger partial charge in [0.25, 0.3) is 10.1 Å². The van der Waals surface area contributed by atoms with Crippen LogP contribution in [0.3, 0.4) is 0 Å². The van der Waals surface area contributed by atoms with Crippen LogP contribution in [0.15, 0.2) is 11.5 Å². The number of phosphoric acid groups is 1. The molecule has 0 unspecified atom stereocenters. The molecular formula is C3H9O7PS. The molecule has 0 atom stereocenters. The Kier molecular flexibility index (Phi) is 5.60. The van der Waals surface area contributed by atoms with Gasteiger partial charge in [-0.3, -0.25) is 4.55 Å². The summed E-state index contributed by atoms with van der Waals surface area (Å²) in [7, 11) is -8.57. The van der Waals surface area contributed by atoms with E-state index in [9.17, 15) is 8.42 Å². The van der Waals surface area contributed by atoms with Crippen LogP contribution < -0.4 is 0 Å². The Morgan fingerprint density at radius 3 is 1.42 bits per heavy atom. The maximum absolute atomic E-state index is 9.79. The van der Waals surface area contributed by atoms with Crippen LogP contribution in [0.5, 0.6) is 0 Å². The lowest BCUT2D eigenvalue weighted by molar-refractivity contribution is 0.275. The Hall–Kier alpha value is -0.240. The first kappa shape index (κ1) is 14.3. The largest absolute Gasteiger partial charge is 0.466 e. The lowest BCUT2D eigenvalue weighted by Gasteiger charge is -1.86. The molecule has 0 saturated carbocycles. The molecule has 0 saturated heterocycles. The standard InChI is InChI=1S/C3H6O3S.H3O4P/c1-3(2)7(4,5)6;1-5(2,3)4/h1H2,2H3,(H,4,5,6);(H3,1,2,3,4). The van der Waals surface area contributed by atoms with Crippen molar-refractivity contribution in [3.8, 4) is 0 Å². The monoisotopic (exact) mass is 220 g/mol. The van der Waals surface area contributed by atoms with Gasteiger partial charge in [0.05, 0.1) is 4.91 Å². The van der Waals surface area contributed by atoms with Crippen LogP contribution in [0.2, 0.25) is 0 Å². The molecule has 4 N–H and O–H groups in total. The van der Waals surface area contributed by atoms with Gasteiger partial charge < -0.3 is 14.7 Å². The number of allylic oxidation sites excluding steroid dienone is 1. The molecule has 12 heavy (non-hydrogen) atoms. The van der Waals surface area contributed by atoms with Crippen molar-refractivity contribution in [1.82, 2.24) is 0 Å². The van der Waals surface area contributed by atoms with Gasteiger partial charge in [0.2, 0.25) is 0 Å². The van der Waals surface area contributed by atoms with E-state index in [0.717, 1.165) is 0 Å². The van der Waals surface area contributed by atoms with E-state index in [-0.39, 0.29) is 4.91 Å². The highest BCUT2D eigenvalue weighted by atomic mass is 32.2. The minimum Gasteiger partial charge on any atom is -0.303 e. The molecule has 0 heterocycles. The zero-order chi connectivity index (χ0) is 10.6. The SMILES string of the molecule is C=C(C)S(=O)(=O)O.O=P(O)(O)O. The fourth-order valence-corrected chi connectivity index (χ4v) is 0. The molecule has 0 aromatic heterocycles. The predicted molar refractivity (Wildman–Crippen MR) is 40.6 cm³/mol. The molecule has 0 spiro atoms. The van der Waals surface area contributed by atoms with E-state index < -0.39 is 17.9 Å². The van der Waals surface area contributed by atoms with Gasteiger partial charge in [-0.1, -0.05) is 6.58 Å². The van der Waals surface area contributed by atoms with Gasteiger partial charge in [0.1, 0.15) is 0 Å². The third-order valence-corrected chi connectivity index (χ3v) is 1.32. The van der Waals surface area contributed by atoms with E-state index in [4.69, 9.17) is 23.8 Å². The Morgan fingerprint density at radius 2 is 1.42 bits per heavy atom. The summed E-state index contributed by atoms with van der Waals surface area (Å²) in [5.74, 6) is 0. The van der Waals surface area contributed by atoms with E-state index in [0.29, 0.717) is 0 Å². The first-order valence-electron chi connectivity index (χ1n) is 2.36. The minimum atomic E-state index is -4.64. The van der Waals surface area contributed by atoms with Crippen LogP contribution in [0.1, 0.15) is 6.92 Å². The molecule has 7 nitrogen and oxygen atoms in total. The fraction of sp³-hybridized carbons (Fsp3) is 0.333. The first-order chi connectivity index (χ1) is 4.94. The molecule has 0 radical (unpaired) electrons. The molecule has 0 aliphatic rings. The molecular weight excluding hydrogens is 211 g/mol. The van der Waals surface area contributed by atoms with Gasteiger partial charge in [-0.15, -0.1) is 0 Å². The Balaban J connectivity index is 0. The molecule has 0 amide bonds. The molecule has 74 valence electrons. The normalized spacial score (nSPS) is 11.4. The van der Waals surface area contributed by atoms with E-state index in [1.54, 1.807) is 0 Å². The van der Waals surface area contributed by atoms with Crippen molar-refractivity contribution in [2.24, 2.45) is 0 Å². The zero-order valence-electron chi connectivity index (χ0n) is 6.08. The Labute approximate surface area is 69.3 Å². The summed E-state index contributed by atoms with van der Waals surface area (Å²) in [6.07, 6.45) is 0. The van der Waals surface area contributed by atoms with Crippen LogP contribution in [0, 0.1) is 0 Å². The van der Waals surface area contributed by atoms with Gasteiger partial charge in [0.15, 0.2) is 0 Å². The minimum absolute atomic E-state index is 0.229. The van der Waals surface area contributed by atoms with E-state index >= 15 is 0 Å². The predicted octanol–water partition coefficient (Wildman–Crippen LogP) is -0.521. The maximum atomic E-state index is 9.79. The number of rotatable bonds is 1. The molecule has 0 aliphatic carbocycles. The summed E-state index contributed by atoms with van der Waals surface area (Å²) in [6, 6.07) is 0. The third kappa shape index (κ3) is 22.6. The van der Waals surface area contributed by atoms with Gasteiger partial charge in [-0.2, -0.15) is 8.42 Å². The van der Waals surface area contributed by atoms with Crippen molar-refractivity contribution in [3.63, 3.8) is 0 Å².